The van der Waals surface area contributed by atoms with Crippen molar-refractivity contribution < 1.29 is 27.1 Å². The molecule has 1 aliphatic heterocycles. The Morgan fingerprint density at radius 1 is 1.16 bits per heavy atom. The minimum Gasteiger partial charge on any atom is -0.444 e. The van der Waals surface area contributed by atoms with Crippen molar-refractivity contribution in [3.63, 3.8) is 0 Å². The molecule has 0 radical (unpaired) electrons. The number of amides is 1. The molecule has 0 atom stereocenters. The fraction of sp³-hybridized carbons (Fsp3) is 0.429. The normalized spacial score (nSPS) is 15.2. The third-order valence-corrected chi connectivity index (χ3v) is 5.03. The van der Waals surface area contributed by atoms with Crippen LogP contribution in [-0.4, -0.2) is 49.4 Å². The fourth-order valence-corrected chi connectivity index (χ4v) is 3.48. The molecule has 170 valence electrons. The molecule has 0 spiro atoms. The molecule has 4 heterocycles. The topological polar surface area (TPSA) is 73.1 Å². The van der Waals surface area contributed by atoms with Gasteiger partial charge in [-0.15, -0.1) is 0 Å². The summed E-state index contributed by atoms with van der Waals surface area (Å²) in [5.41, 5.74) is -0.272. The van der Waals surface area contributed by atoms with Crippen LogP contribution in [0, 0.1) is 5.82 Å². The van der Waals surface area contributed by atoms with E-state index in [1.54, 1.807) is 20.8 Å². The van der Waals surface area contributed by atoms with Gasteiger partial charge in [0, 0.05) is 25.2 Å². The van der Waals surface area contributed by atoms with E-state index in [-0.39, 0.29) is 17.8 Å². The average Bonchev–Trinajstić information content (AvgIpc) is 2.98. The van der Waals surface area contributed by atoms with Crippen LogP contribution in [0.2, 0.25) is 0 Å². The van der Waals surface area contributed by atoms with Crippen LogP contribution in [0.3, 0.4) is 0 Å². The summed E-state index contributed by atoms with van der Waals surface area (Å²) in [4.78, 5) is 21.4. The van der Waals surface area contributed by atoms with E-state index < -0.39 is 29.3 Å². The average molecular weight is 451 g/mol. The van der Waals surface area contributed by atoms with Gasteiger partial charge in [-0.1, -0.05) is 0 Å². The second kappa shape index (κ2) is 7.72. The number of carbonyl (C=O) groups excluding carboxylic acids is 1. The Bertz CT molecular complexity index is 1150. The Hall–Kier alpha value is -3.24. The summed E-state index contributed by atoms with van der Waals surface area (Å²) in [6, 6.07) is 2.20. The number of hydrogen-bond acceptors (Lipinski definition) is 5. The van der Waals surface area contributed by atoms with Crippen molar-refractivity contribution in [3.8, 4) is 0 Å². The summed E-state index contributed by atoms with van der Waals surface area (Å²) in [5, 5.41) is 4.78. The molecule has 0 N–H and O–H groups in total. The largest absolute Gasteiger partial charge is 0.444 e. The highest BCUT2D eigenvalue weighted by Gasteiger charge is 2.38. The van der Waals surface area contributed by atoms with Gasteiger partial charge < -0.3 is 9.64 Å². The number of alkyl halides is 3. The molecule has 1 saturated heterocycles. The van der Waals surface area contributed by atoms with Gasteiger partial charge in [-0.05, 0) is 32.9 Å². The van der Waals surface area contributed by atoms with Crippen LogP contribution in [0.25, 0.3) is 10.9 Å². The van der Waals surface area contributed by atoms with Crippen molar-refractivity contribution in [2.75, 3.05) is 13.1 Å². The molecule has 0 aromatic carbocycles. The zero-order chi connectivity index (χ0) is 23.3. The van der Waals surface area contributed by atoms with Crippen LogP contribution in [0.1, 0.15) is 43.6 Å². The number of halogens is 4. The van der Waals surface area contributed by atoms with E-state index >= 15 is 0 Å². The first-order valence-corrected chi connectivity index (χ1v) is 9.92. The van der Waals surface area contributed by atoms with E-state index in [1.165, 1.54) is 21.8 Å². The van der Waals surface area contributed by atoms with Gasteiger partial charge in [-0.25, -0.2) is 9.18 Å². The van der Waals surface area contributed by atoms with E-state index in [4.69, 9.17) is 4.74 Å². The Morgan fingerprint density at radius 2 is 1.88 bits per heavy atom. The van der Waals surface area contributed by atoms with E-state index in [0.717, 1.165) is 18.5 Å². The molecular formula is C21H21F4N5O2. The Morgan fingerprint density at radius 3 is 2.47 bits per heavy atom. The molecule has 7 nitrogen and oxygen atoms in total. The van der Waals surface area contributed by atoms with Gasteiger partial charge in [0.2, 0.25) is 0 Å². The number of ether oxygens (including phenoxy) is 1. The monoisotopic (exact) mass is 451 g/mol. The first-order valence-electron chi connectivity index (χ1n) is 9.92. The summed E-state index contributed by atoms with van der Waals surface area (Å²) >= 11 is 0. The lowest BCUT2D eigenvalue weighted by Crippen LogP contribution is -2.50. The number of hydrogen-bond donors (Lipinski definition) is 0. The molecule has 32 heavy (non-hydrogen) atoms. The van der Waals surface area contributed by atoms with Gasteiger partial charge in [0.05, 0.1) is 46.8 Å². The SMILES string of the molecule is CC(C)(C)OC(=O)N1CC(c2nn(Cc3ccc(C(F)(F)F)cn3)c3cncc(F)c23)C1. The van der Waals surface area contributed by atoms with Gasteiger partial charge >= 0.3 is 12.3 Å². The molecule has 1 amide bonds. The number of fused-ring (bicyclic) bond motifs is 1. The third kappa shape index (κ3) is 4.37. The van der Waals surface area contributed by atoms with Crippen LogP contribution >= 0.6 is 0 Å². The zero-order valence-electron chi connectivity index (χ0n) is 17.6. The molecule has 11 heteroatoms. The van der Waals surface area contributed by atoms with Crippen LogP contribution < -0.4 is 0 Å². The summed E-state index contributed by atoms with van der Waals surface area (Å²) in [6.07, 6.45) is -1.64. The van der Waals surface area contributed by atoms with E-state index in [9.17, 15) is 22.4 Å². The van der Waals surface area contributed by atoms with Crippen molar-refractivity contribution in [2.45, 2.75) is 45.0 Å². The van der Waals surface area contributed by atoms with Crippen LogP contribution in [0.4, 0.5) is 22.4 Å². The molecule has 3 aromatic rings. The highest BCUT2D eigenvalue weighted by molar-refractivity contribution is 5.83. The molecule has 0 aliphatic carbocycles. The van der Waals surface area contributed by atoms with Gasteiger partial charge in [-0.2, -0.15) is 18.3 Å². The molecule has 0 unspecified atom stereocenters. The van der Waals surface area contributed by atoms with Crippen molar-refractivity contribution in [2.24, 2.45) is 0 Å². The lowest BCUT2D eigenvalue weighted by molar-refractivity contribution is -0.137. The number of pyridine rings is 2. The molecule has 1 aliphatic rings. The summed E-state index contributed by atoms with van der Waals surface area (Å²) in [5.74, 6) is -0.761. The molecule has 1 fully saturated rings. The van der Waals surface area contributed by atoms with Gasteiger partial charge in [-0.3, -0.25) is 14.6 Å². The minimum atomic E-state index is -4.48. The maximum atomic E-state index is 14.6. The van der Waals surface area contributed by atoms with Crippen molar-refractivity contribution in [3.05, 3.63) is 53.5 Å². The smallest absolute Gasteiger partial charge is 0.417 e. The third-order valence-electron chi connectivity index (χ3n) is 5.03. The molecule has 0 bridgehead atoms. The second-order valence-corrected chi connectivity index (χ2v) is 8.68. The number of carbonyl (C=O) groups is 1. The first-order chi connectivity index (χ1) is 14.9. The maximum Gasteiger partial charge on any atom is 0.417 e. The lowest BCUT2D eigenvalue weighted by atomic mass is 9.94. The van der Waals surface area contributed by atoms with Gasteiger partial charge in [0.25, 0.3) is 0 Å². The van der Waals surface area contributed by atoms with Crippen LogP contribution in [-0.2, 0) is 17.5 Å². The first kappa shape index (κ1) is 22.0. The van der Waals surface area contributed by atoms with E-state index in [0.29, 0.717) is 30.0 Å². The highest BCUT2D eigenvalue weighted by Crippen LogP contribution is 2.34. The summed E-state index contributed by atoms with van der Waals surface area (Å²) < 4.78 is 59.7. The summed E-state index contributed by atoms with van der Waals surface area (Å²) in [6.45, 7) is 6.00. The van der Waals surface area contributed by atoms with Crippen LogP contribution in [0.5, 0.6) is 0 Å². The van der Waals surface area contributed by atoms with Gasteiger partial charge in [0.1, 0.15) is 5.60 Å². The Labute approximate surface area is 181 Å². The molecule has 3 aromatic heterocycles. The Balaban J connectivity index is 1.58. The summed E-state index contributed by atoms with van der Waals surface area (Å²) in [7, 11) is 0. The molecular weight excluding hydrogens is 430 g/mol. The van der Waals surface area contributed by atoms with E-state index in [2.05, 4.69) is 15.1 Å². The predicted octanol–water partition coefficient (Wildman–Crippen LogP) is 4.37. The van der Waals surface area contributed by atoms with Crippen molar-refractivity contribution in [1.29, 1.82) is 0 Å². The molecule has 0 saturated carbocycles. The number of rotatable bonds is 3. The quantitative estimate of drug-likeness (QED) is 0.553. The number of aromatic nitrogens is 4. The van der Waals surface area contributed by atoms with Crippen molar-refractivity contribution in [1.82, 2.24) is 24.6 Å². The van der Waals surface area contributed by atoms with Crippen LogP contribution in [0.15, 0.2) is 30.7 Å². The standard InChI is InChI=1S/C21H21F4N5O2/c1-20(2,3)32-19(31)29-9-12(10-29)18-17-15(22)7-26-8-16(17)30(28-18)11-14-5-4-13(6-27-14)21(23,24)25/h4-8,12H,9-11H2,1-3H3. The zero-order valence-corrected chi connectivity index (χ0v) is 17.6. The minimum absolute atomic E-state index is 0.0439. The number of likely N-dealkylation sites (tertiary alicyclic amines) is 1. The maximum absolute atomic E-state index is 14.6. The highest BCUT2D eigenvalue weighted by atomic mass is 19.4. The van der Waals surface area contributed by atoms with Crippen molar-refractivity contribution >= 4 is 17.0 Å². The lowest BCUT2D eigenvalue weighted by Gasteiger charge is -2.39. The molecule has 4 rings (SSSR count). The van der Waals surface area contributed by atoms with Gasteiger partial charge in [0.15, 0.2) is 5.82 Å². The second-order valence-electron chi connectivity index (χ2n) is 8.68. The Kier molecular flexibility index (Phi) is 5.30. The fourth-order valence-electron chi connectivity index (χ4n) is 3.48. The predicted molar refractivity (Wildman–Crippen MR) is 106 cm³/mol. The number of nitrogens with zero attached hydrogens (tertiary/aromatic N) is 5. The van der Waals surface area contributed by atoms with E-state index in [1.807, 2.05) is 0 Å².